The lowest BCUT2D eigenvalue weighted by molar-refractivity contribution is -0.314. The van der Waals surface area contributed by atoms with Crippen LogP contribution in [0, 0.1) is 11.8 Å². The van der Waals surface area contributed by atoms with E-state index in [1.165, 1.54) is 12.8 Å². The van der Waals surface area contributed by atoms with E-state index in [0.717, 1.165) is 25.7 Å². The zero-order valence-electron chi connectivity index (χ0n) is 11.2. The van der Waals surface area contributed by atoms with E-state index < -0.39 is 11.9 Å². The van der Waals surface area contributed by atoms with Crippen molar-refractivity contribution in [1.29, 1.82) is 0 Å². The molecule has 1 amide bonds. The van der Waals surface area contributed by atoms with Crippen LogP contribution in [0.3, 0.4) is 0 Å². The molecular weight excluding hydrogens is 230 g/mol. The van der Waals surface area contributed by atoms with Crippen LogP contribution in [0.15, 0.2) is 0 Å². The summed E-state index contributed by atoms with van der Waals surface area (Å²) in [4.78, 5) is 22.9. The van der Waals surface area contributed by atoms with Crippen LogP contribution < -0.4 is 10.4 Å². The van der Waals surface area contributed by atoms with Gasteiger partial charge in [-0.2, -0.15) is 0 Å². The molecule has 0 aromatic heterocycles. The molecule has 1 saturated carbocycles. The highest BCUT2D eigenvalue weighted by Gasteiger charge is 2.31. The average molecular weight is 254 g/mol. The molecule has 4 heteroatoms. The summed E-state index contributed by atoms with van der Waals surface area (Å²) < 4.78 is 0. The number of hydrogen-bond acceptors (Lipinski definition) is 3. The van der Waals surface area contributed by atoms with E-state index in [1.807, 2.05) is 0 Å². The van der Waals surface area contributed by atoms with Crippen LogP contribution in [0.2, 0.25) is 0 Å². The molecule has 1 fully saturated rings. The first kappa shape index (κ1) is 15.0. The number of carbonyl (C=O) groups is 2. The van der Waals surface area contributed by atoms with Crippen LogP contribution in [-0.4, -0.2) is 18.4 Å². The Balaban J connectivity index is 2.32. The average Bonchev–Trinajstić information content (AvgIpc) is 2.38. The van der Waals surface area contributed by atoms with E-state index in [1.54, 1.807) is 0 Å². The number of rotatable bonds is 7. The molecule has 2 atom stereocenters. The predicted octanol–water partition coefficient (Wildman–Crippen LogP) is 1.24. The Hall–Kier alpha value is -1.06. The number of carboxylic acid groups (broad SMARTS) is 1. The van der Waals surface area contributed by atoms with Crippen molar-refractivity contribution in [2.45, 2.75) is 58.3 Å². The number of carbonyl (C=O) groups excluding carboxylic acids is 2. The molecule has 1 aliphatic rings. The molecule has 0 aromatic carbocycles. The number of nitrogens with one attached hydrogen (secondary N) is 1. The van der Waals surface area contributed by atoms with Crippen LogP contribution in [0.4, 0.5) is 0 Å². The first-order chi connectivity index (χ1) is 8.66. The fourth-order valence-electron chi connectivity index (χ4n) is 2.62. The maximum Gasteiger partial charge on any atom is 0.223 e. The second-order valence-corrected chi connectivity index (χ2v) is 5.17. The standard InChI is InChI=1S/C14H25NO3/c1-2-3-4-7-10-15-13(16)11-8-5-6-9-12(11)14(17)18/h11-12H,2-10H2,1H3,(H,15,16)(H,17,18)/p-1/t11-,12+/m1/s1. The van der Waals surface area contributed by atoms with Gasteiger partial charge < -0.3 is 15.2 Å². The van der Waals surface area contributed by atoms with Crippen molar-refractivity contribution < 1.29 is 14.7 Å². The molecule has 0 bridgehead atoms. The lowest BCUT2D eigenvalue weighted by Crippen LogP contribution is -2.44. The molecule has 1 N–H and O–H groups in total. The third-order valence-electron chi connectivity index (χ3n) is 3.74. The zero-order chi connectivity index (χ0) is 13.4. The van der Waals surface area contributed by atoms with Gasteiger partial charge in [0, 0.05) is 24.3 Å². The molecule has 0 saturated heterocycles. The second kappa shape index (κ2) is 8.11. The number of carboxylic acids is 1. The van der Waals surface area contributed by atoms with Gasteiger partial charge in [0.05, 0.1) is 0 Å². The minimum absolute atomic E-state index is 0.0969. The Kier molecular flexibility index (Phi) is 6.76. The summed E-state index contributed by atoms with van der Waals surface area (Å²) in [6, 6.07) is 0. The fourth-order valence-corrected chi connectivity index (χ4v) is 2.62. The second-order valence-electron chi connectivity index (χ2n) is 5.17. The lowest BCUT2D eigenvalue weighted by Gasteiger charge is -2.31. The van der Waals surface area contributed by atoms with Crippen LogP contribution in [0.25, 0.3) is 0 Å². The molecule has 4 nitrogen and oxygen atoms in total. The largest absolute Gasteiger partial charge is 0.550 e. The third kappa shape index (κ3) is 4.67. The first-order valence-corrected chi connectivity index (χ1v) is 7.15. The SMILES string of the molecule is CCCCCCNC(=O)[C@@H]1CCCC[C@@H]1C(=O)[O-]. The van der Waals surface area contributed by atoms with Crippen molar-refractivity contribution in [2.75, 3.05) is 6.54 Å². The van der Waals surface area contributed by atoms with Crippen molar-refractivity contribution >= 4 is 11.9 Å². The Morgan fingerprint density at radius 1 is 1.11 bits per heavy atom. The Morgan fingerprint density at radius 2 is 1.78 bits per heavy atom. The van der Waals surface area contributed by atoms with Gasteiger partial charge >= 0.3 is 0 Å². The summed E-state index contributed by atoms with van der Waals surface area (Å²) in [5.41, 5.74) is 0. The van der Waals surface area contributed by atoms with Crippen molar-refractivity contribution in [1.82, 2.24) is 5.32 Å². The quantitative estimate of drug-likeness (QED) is 0.695. The number of aliphatic carboxylic acids is 1. The molecule has 0 radical (unpaired) electrons. The molecular formula is C14H24NO3-. The molecule has 0 aliphatic heterocycles. The van der Waals surface area contributed by atoms with E-state index in [0.29, 0.717) is 19.4 Å². The van der Waals surface area contributed by atoms with Crippen LogP contribution in [0.5, 0.6) is 0 Å². The molecule has 0 aromatic rings. The Morgan fingerprint density at radius 3 is 2.39 bits per heavy atom. The van der Waals surface area contributed by atoms with Crippen molar-refractivity contribution in [3.05, 3.63) is 0 Å². The van der Waals surface area contributed by atoms with Gasteiger partial charge in [0.2, 0.25) is 5.91 Å². The molecule has 0 spiro atoms. The van der Waals surface area contributed by atoms with Gasteiger partial charge in [-0.15, -0.1) is 0 Å². The fraction of sp³-hybridized carbons (Fsp3) is 0.857. The van der Waals surface area contributed by atoms with Gasteiger partial charge in [-0.1, -0.05) is 39.0 Å². The van der Waals surface area contributed by atoms with Gasteiger partial charge in [0.15, 0.2) is 0 Å². The highest BCUT2D eigenvalue weighted by atomic mass is 16.4. The summed E-state index contributed by atoms with van der Waals surface area (Å²) in [5, 5.41) is 13.9. The molecule has 104 valence electrons. The minimum atomic E-state index is -1.07. The summed E-state index contributed by atoms with van der Waals surface area (Å²) in [5.74, 6) is -2.13. The summed E-state index contributed by atoms with van der Waals surface area (Å²) in [6.07, 6.45) is 7.53. The van der Waals surface area contributed by atoms with Gasteiger partial charge in [-0.25, -0.2) is 0 Å². The summed E-state index contributed by atoms with van der Waals surface area (Å²) in [7, 11) is 0. The maximum absolute atomic E-state index is 11.9. The van der Waals surface area contributed by atoms with E-state index in [2.05, 4.69) is 12.2 Å². The third-order valence-corrected chi connectivity index (χ3v) is 3.74. The van der Waals surface area contributed by atoms with Crippen LogP contribution in [0.1, 0.15) is 58.3 Å². The van der Waals surface area contributed by atoms with Gasteiger partial charge in [-0.05, 0) is 19.3 Å². The van der Waals surface area contributed by atoms with Crippen LogP contribution >= 0.6 is 0 Å². The highest BCUT2D eigenvalue weighted by molar-refractivity contribution is 5.84. The molecule has 0 heterocycles. The Labute approximate surface area is 109 Å². The van der Waals surface area contributed by atoms with Crippen molar-refractivity contribution in [2.24, 2.45) is 11.8 Å². The van der Waals surface area contributed by atoms with Gasteiger partial charge in [0.1, 0.15) is 0 Å². The molecule has 1 aliphatic carbocycles. The zero-order valence-corrected chi connectivity index (χ0v) is 11.2. The van der Waals surface area contributed by atoms with E-state index in [4.69, 9.17) is 0 Å². The predicted molar refractivity (Wildman–Crippen MR) is 67.6 cm³/mol. The Bertz CT molecular complexity index is 278. The lowest BCUT2D eigenvalue weighted by atomic mass is 9.78. The number of amides is 1. The molecule has 1 rings (SSSR count). The van der Waals surface area contributed by atoms with Crippen LogP contribution in [-0.2, 0) is 9.59 Å². The minimum Gasteiger partial charge on any atom is -0.550 e. The van der Waals surface area contributed by atoms with Gasteiger partial charge in [0.25, 0.3) is 0 Å². The van der Waals surface area contributed by atoms with Gasteiger partial charge in [-0.3, -0.25) is 4.79 Å². The number of hydrogen-bond donors (Lipinski definition) is 1. The first-order valence-electron chi connectivity index (χ1n) is 7.15. The maximum atomic E-state index is 11.9. The smallest absolute Gasteiger partial charge is 0.223 e. The van der Waals surface area contributed by atoms with E-state index >= 15 is 0 Å². The van der Waals surface area contributed by atoms with E-state index in [9.17, 15) is 14.7 Å². The molecule has 0 unspecified atom stereocenters. The van der Waals surface area contributed by atoms with Crippen molar-refractivity contribution in [3.8, 4) is 0 Å². The van der Waals surface area contributed by atoms with E-state index in [-0.39, 0.29) is 11.8 Å². The highest BCUT2D eigenvalue weighted by Crippen LogP contribution is 2.29. The molecule has 18 heavy (non-hydrogen) atoms. The monoisotopic (exact) mass is 254 g/mol. The summed E-state index contributed by atoms with van der Waals surface area (Å²) >= 11 is 0. The normalized spacial score (nSPS) is 23.6. The van der Waals surface area contributed by atoms with Crippen molar-refractivity contribution in [3.63, 3.8) is 0 Å². The number of unbranched alkanes of at least 4 members (excludes halogenated alkanes) is 3. The topological polar surface area (TPSA) is 69.2 Å². The summed E-state index contributed by atoms with van der Waals surface area (Å²) in [6.45, 7) is 2.81.